The smallest absolute Gasteiger partial charge is 0.137 e. The van der Waals surface area contributed by atoms with Crippen molar-refractivity contribution < 1.29 is 8.83 Å². The average Bonchev–Trinajstić information content (AvgIpc) is 3.78. The van der Waals surface area contributed by atoms with Crippen LogP contribution in [0.15, 0.2) is 203 Å². The molecule has 4 heteroatoms. The lowest BCUT2D eigenvalue weighted by Gasteiger charge is -2.25. The van der Waals surface area contributed by atoms with Gasteiger partial charge < -0.3 is 18.6 Å². The minimum atomic E-state index is 0.856. The van der Waals surface area contributed by atoms with E-state index in [1.165, 1.54) is 0 Å². The molecule has 0 saturated carbocycles. The summed E-state index contributed by atoms with van der Waals surface area (Å²) in [4.78, 5) is 4.51. The maximum atomic E-state index is 6.50. The Hall–Kier alpha value is -7.30. The quantitative estimate of drug-likeness (QED) is 0.148. The minimum Gasteiger partial charge on any atom is -0.456 e. The Morgan fingerprint density at radius 1 is 0.278 bits per heavy atom. The lowest BCUT2D eigenvalue weighted by Crippen LogP contribution is -2.09. The van der Waals surface area contributed by atoms with Crippen molar-refractivity contribution in [3.63, 3.8) is 0 Å². The normalized spacial score (nSPS) is 11.6. The van der Waals surface area contributed by atoms with Crippen molar-refractivity contribution in [3.05, 3.63) is 205 Å². The summed E-state index contributed by atoms with van der Waals surface area (Å²) < 4.78 is 13.0. The highest BCUT2D eigenvalue weighted by atomic mass is 16.3. The average molecular weight is 695 g/mol. The molecule has 0 radical (unpaired) electrons. The lowest BCUT2D eigenvalue weighted by atomic mass is 10.1. The van der Waals surface area contributed by atoms with E-state index in [1.807, 2.05) is 24.3 Å². The third-order valence-electron chi connectivity index (χ3n) is 10.0. The molecule has 0 amide bonds. The standard InChI is InChI=1S/C50H34N2O2/c1-5-13-37(14-6-1)51(38-15-7-2-8-16-38)41-25-29-45-43-27-23-35(31-47(43)53-49(45)33-41)21-22-36-24-28-44-46-30-26-42(34-50(46)54-48(44)32-36)52(39-17-9-3-10-18-39)40-19-11-4-12-20-40/h1-34H/b22-21+. The summed E-state index contributed by atoms with van der Waals surface area (Å²) >= 11 is 0. The van der Waals surface area contributed by atoms with Crippen molar-refractivity contribution >= 4 is 90.2 Å². The zero-order chi connectivity index (χ0) is 35.8. The van der Waals surface area contributed by atoms with Gasteiger partial charge in [0.15, 0.2) is 0 Å². The van der Waals surface area contributed by atoms with Crippen LogP contribution in [-0.2, 0) is 0 Å². The minimum absolute atomic E-state index is 0.856. The van der Waals surface area contributed by atoms with E-state index in [1.54, 1.807) is 0 Å². The highest BCUT2D eigenvalue weighted by Crippen LogP contribution is 2.40. The fraction of sp³-hybridized carbons (Fsp3) is 0. The van der Waals surface area contributed by atoms with Gasteiger partial charge in [0.25, 0.3) is 0 Å². The van der Waals surface area contributed by atoms with Gasteiger partial charge in [-0.3, -0.25) is 0 Å². The Kier molecular flexibility index (Phi) is 7.77. The van der Waals surface area contributed by atoms with Crippen molar-refractivity contribution in [3.8, 4) is 0 Å². The second kappa shape index (κ2) is 13.4. The maximum Gasteiger partial charge on any atom is 0.137 e. The van der Waals surface area contributed by atoms with Gasteiger partial charge in [-0.1, -0.05) is 97.1 Å². The number of hydrogen-bond acceptors (Lipinski definition) is 4. The van der Waals surface area contributed by atoms with Crippen LogP contribution in [-0.4, -0.2) is 0 Å². The van der Waals surface area contributed by atoms with Crippen molar-refractivity contribution in [2.45, 2.75) is 0 Å². The topological polar surface area (TPSA) is 32.8 Å². The predicted octanol–water partition coefficient (Wildman–Crippen LogP) is 14.6. The van der Waals surface area contributed by atoms with Crippen LogP contribution >= 0.6 is 0 Å². The third-order valence-corrected chi connectivity index (χ3v) is 10.0. The number of benzene rings is 8. The molecule has 10 aromatic rings. The highest BCUT2D eigenvalue weighted by Gasteiger charge is 2.17. The van der Waals surface area contributed by atoms with Gasteiger partial charge in [0, 0.05) is 67.8 Å². The zero-order valence-corrected chi connectivity index (χ0v) is 29.3. The molecule has 0 fully saturated rings. The molecule has 256 valence electrons. The molecular formula is C50H34N2O2. The molecule has 2 aromatic heterocycles. The highest BCUT2D eigenvalue weighted by molar-refractivity contribution is 6.08. The molecule has 0 aliphatic carbocycles. The van der Waals surface area contributed by atoms with Crippen molar-refractivity contribution in [1.29, 1.82) is 0 Å². The van der Waals surface area contributed by atoms with Gasteiger partial charge in [-0.15, -0.1) is 0 Å². The van der Waals surface area contributed by atoms with E-state index in [2.05, 4.69) is 192 Å². The second-order valence-electron chi connectivity index (χ2n) is 13.4. The van der Waals surface area contributed by atoms with Crippen LogP contribution < -0.4 is 9.80 Å². The Balaban J connectivity index is 0.951. The second-order valence-corrected chi connectivity index (χ2v) is 13.4. The summed E-state index contributed by atoms with van der Waals surface area (Å²) in [6, 6.07) is 67.5. The molecule has 54 heavy (non-hydrogen) atoms. The van der Waals surface area contributed by atoms with Crippen LogP contribution in [0, 0.1) is 0 Å². The van der Waals surface area contributed by atoms with Gasteiger partial charge in [0.1, 0.15) is 22.3 Å². The number of hydrogen-bond donors (Lipinski definition) is 0. The lowest BCUT2D eigenvalue weighted by molar-refractivity contribution is 0.668. The van der Waals surface area contributed by atoms with Crippen LogP contribution in [0.3, 0.4) is 0 Å². The Bertz CT molecular complexity index is 2650. The summed E-state index contributed by atoms with van der Waals surface area (Å²) in [7, 11) is 0. The van der Waals surface area contributed by atoms with E-state index in [0.29, 0.717) is 0 Å². The molecule has 0 atom stereocenters. The van der Waals surface area contributed by atoms with Gasteiger partial charge >= 0.3 is 0 Å². The third kappa shape index (κ3) is 5.76. The molecule has 0 unspecified atom stereocenters. The van der Waals surface area contributed by atoms with Gasteiger partial charge in [-0.25, -0.2) is 0 Å². The maximum absolute atomic E-state index is 6.50. The summed E-state index contributed by atoms with van der Waals surface area (Å²) in [5.74, 6) is 0. The Labute approximate surface area is 313 Å². The fourth-order valence-electron chi connectivity index (χ4n) is 7.45. The SMILES string of the molecule is C(=C\c1ccc2c(c1)oc1cc(N(c3ccccc3)c3ccccc3)ccc12)/c1ccc2c(c1)oc1cc(N(c3ccccc3)c3ccccc3)ccc12. The molecule has 0 N–H and O–H groups in total. The van der Waals surface area contributed by atoms with E-state index in [0.717, 1.165) is 89.1 Å². The van der Waals surface area contributed by atoms with Gasteiger partial charge in [-0.2, -0.15) is 0 Å². The van der Waals surface area contributed by atoms with Crippen LogP contribution in [0.5, 0.6) is 0 Å². The van der Waals surface area contributed by atoms with Crippen molar-refractivity contribution in [2.24, 2.45) is 0 Å². The molecule has 0 aliphatic heterocycles. The molecule has 10 rings (SSSR count). The van der Waals surface area contributed by atoms with Crippen LogP contribution in [0.4, 0.5) is 34.1 Å². The van der Waals surface area contributed by atoms with Crippen LogP contribution in [0.2, 0.25) is 0 Å². The van der Waals surface area contributed by atoms with E-state index in [9.17, 15) is 0 Å². The first-order chi connectivity index (χ1) is 26.7. The summed E-state index contributed by atoms with van der Waals surface area (Å²) in [6.07, 6.45) is 4.26. The number of rotatable bonds is 8. The molecule has 0 bridgehead atoms. The monoisotopic (exact) mass is 694 g/mol. The summed E-state index contributed by atoms with van der Waals surface area (Å²) in [5.41, 5.74) is 12.0. The first-order valence-electron chi connectivity index (χ1n) is 18.2. The fourth-order valence-corrected chi connectivity index (χ4v) is 7.45. The van der Waals surface area contributed by atoms with E-state index in [4.69, 9.17) is 8.83 Å². The number of anilines is 6. The van der Waals surface area contributed by atoms with Crippen molar-refractivity contribution in [2.75, 3.05) is 9.80 Å². The predicted molar refractivity (Wildman–Crippen MR) is 226 cm³/mol. The number of para-hydroxylation sites is 4. The summed E-state index contributed by atoms with van der Waals surface area (Å²) in [6.45, 7) is 0. The molecule has 8 aromatic carbocycles. The number of fused-ring (bicyclic) bond motifs is 6. The van der Waals surface area contributed by atoms with Crippen LogP contribution in [0.1, 0.15) is 11.1 Å². The van der Waals surface area contributed by atoms with Crippen LogP contribution in [0.25, 0.3) is 56.0 Å². The Morgan fingerprint density at radius 2 is 0.574 bits per heavy atom. The van der Waals surface area contributed by atoms with E-state index >= 15 is 0 Å². The Morgan fingerprint density at radius 3 is 0.907 bits per heavy atom. The van der Waals surface area contributed by atoms with Crippen molar-refractivity contribution in [1.82, 2.24) is 0 Å². The molecule has 0 spiro atoms. The molecule has 0 aliphatic rings. The van der Waals surface area contributed by atoms with Gasteiger partial charge in [0.05, 0.1) is 0 Å². The van der Waals surface area contributed by atoms with E-state index in [-0.39, 0.29) is 0 Å². The largest absolute Gasteiger partial charge is 0.456 e. The van der Waals surface area contributed by atoms with Gasteiger partial charge in [0.2, 0.25) is 0 Å². The first kappa shape index (κ1) is 31.4. The molecule has 0 saturated heterocycles. The summed E-state index contributed by atoms with van der Waals surface area (Å²) in [5, 5.41) is 4.39. The van der Waals surface area contributed by atoms with E-state index < -0.39 is 0 Å². The number of furan rings is 2. The van der Waals surface area contributed by atoms with Gasteiger partial charge in [-0.05, 0) is 108 Å². The first-order valence-corrected chi connectivity index (χ1v) is 18.2. The molecule has 4 nitrogen and oxygen atoms in total. The molecular weight excluding hydrogens is 661 g/mol. The number of nitrogens with zero attached hydrogens (tertiary/aromatic N) is 2. The molecule has 2 heterocycles. The zero-order valence-electron chi connectivity index (χ0n) is 29.3.